The first-order valence-electron chi connectivity index (χ1n) is 3.97. The Morgan fingerprint density at radius 3 is 2.92 bits per heavy atom. The van der Waals surface area contributed by atoms with Crippen LogP contribution < -0.4 is 11.5 Å². The van der Waals surface area contributed by atoms with Gasteiger partial charge in [0.05, 0.1) is 13.0 Å². The number of aryl methyl sites for hydroxylation is 1. The molecule has 1 amide bonds. The maximum Gasteiger partial charge on any atom is 0.225 e. The van der Waals surface area contributed by atoms with Gasteiger partial charge in [-0.3, -0.25) is 4.79 Å². The topological polar surface area (TPSA) is 113 Å². The normalized spacial score (nSPS) is 10.2. The van der Waals surface area contributed by atoms with Crippen LogP contribution in [0.25, 0.3) is 0 Å². The molecule has 0 saturated carbocycles. The molecule has 0 unspecified atom stereocenters. The largest absolute Gasteiger partial charge is 0.369 e. The molecule has 13 heavy (non-hydrogen) atoms. The van der Waals surface area contributed by atoms with Gasteiger partial charge in [-0.15, -0.1) is 10.2 Å². The zero-order valence-corrected chi connectivity index (χ0v) is 7.18. The second kappa shape index (κ2) is 4.51. The van der Waals surface area contributed by atoms with Crippen LogP contribution in [0.2, 0.25) is 0 Å². The fourth-order valence-corrected chi connectivity index (χ4v) is 0.830. The Bertz CT molecular complexity index is 282. The highest BCUT2D eigenvalue weighted by atomic mass is 16.1. The van der Waals surface area contributed by atoms with E-state index in [1.165, 1.54) is 4.80 Å². The fourth-order valence-electron chi connectivity index (χ4n) is 0.830. The number of aromatic nitrogens is 4. The Morgan fingerprint density at radius 2 is 2.31 bits per heavy atom. The summed E-state index contributed by atoms with van der Waals surface area (Å²) in [5.41, 5.74) is 10.3. The standard InChI is InChI=1S/C6H12N6O/c7-2-1-3-12-10-6(9-11-12)4-5(8)13/h1-4,7H2,(H2,8,13). The van der Waals surface area contributed by atoms with Crippen molar-refractivity contribution in [3.05, 3.63) is 5.82 Å². The van der Waals surface area contributed by atoms with Gasteiger partial charge in [-0.05, 0) is 18.2 Å². The summed E-state index contributed by atoms with van der Waals surface area (Å²) in [5, 5.41) is 11.3. The van der Waals surface area contributed by atoms with Gasteiger partial charge < -0.3 is 11.5 Å². The Kier molecular flexibility index (Phi) is 3.32. The summed E-state index contributed by atoms with van der Waals surface area (Å²) in [5.74, 6) is -0.108. The van der Waals surface area contributed by atoms with Crippen molar-refractivity contribution in [2.75, 3.05) is 6.54 Å². The first-order chi connectivity index (χ1) is 6.22. The first kappa shape index (κ1) is 9.59. The highest BCUT2D eigenvalue weighted by Crippen LogP contribution is 1.88. The molecule has 0 spiro atoms. The Balaban J connectivity index is 2.48. The molecule has 0 aliphatic heterocycles. The number of nitrogens with zero attached hydrogens (tertiary/aromatic N) is 4. The minimum atomic E-state index is -0.460. The number of carbonyl (C=O) groups is 1. The van der Waals surface area contributed by atoms with E-state index in [1.807, 2.05) is 0 Å². The van der Waals surface area contributed by atoms with Crippen LogP contribution in [-0.2, 0) is 17.8 Å². The first-order valence-corrected chi connectivity index (χ1v) is 3.97. The predicted octanol–water partition coefficient (Wildman–Crippen LogP) is -1.95. The number of hydrogen-bond acceptors (Lipinski definition) is 5. The van der Waals surface area contributed by atoms with Gasteiger partial charge in [0.25, 0.3) is 0 Å². The van der Waals surface area contributed by atoms with Crippen molar-refractivity contribution < 1.29 is 4.79 Å². The number of hydrogen-bond donors (Lipinski definition) is 2. The summed E-state index contributed by atoms with van der Waals surface area (Å²) in [6, 6.07) is 0. The molecule has 0 saturated heterocycles. The number of amides is 1. The third-order valence-corrected chi connectivity index (χ3v) is 1.39. The van der Waals surface area contributed by atoms with Gasteiger partial charge in [-0.25, -0.2) is 0 Å². The van der Waals surface area contributed by atoms with Gasteiger partial charge in [0.2, 0.25) is 5.91 Å². The highest BCUT2D eigenvalue weighted by molar-refractivity contribution is 5.75. The number of tetrazole rings is 1. The van der Waals surface area contributed by atoms with Crippen LogP contribution in [0.4, 0.5) is 0 Å². The fraction of sp³-hybridized carbons (Fsp3) is 0.667. The molecule has 72 valence electrons. The molecule has 7 heteroatoms. The van der Waals surface area contributed by atoms with Gasteiger partial charge in [0, 0.05) is 0 Å². The minimum Gasteiger partial charge on any atom is -0.369 e. The quantitative estimate of drug-likeness (QED) is 0.552. The van der Waals surface area contributed by atoms with Crippen LogP contribution in [0.3, 0.4) is 0 Å². The molecule has 0 atom stereocenters. The smallest absolute Gasteiger partial charge is 0.225 e. The van der Waals surface area contributed by atoms with E-state index in [-0.39, 0.29) is 6.42 Å². The lowest BCUT2D eigenvalue weighted by atomic mass is 10.4. The Labute approximate surface area is 75.1 Å². The maximum atomic E-state index is 10.5. The molecule has 1 heterocycles. The second-order valence-electron chi connectivity index (χ2n) is 2.59. The van der Waals surface area contributed by atoms with Crippen LogP contribution in [0, 0.1) is 0 Å². The zero-order valence-electron chi connectivity index (χ0n) is 7.18. The van der Waals surface area contributed by atoms with Crippen LogP contribution in [0.15, 0.2) is 0 Å². The van der Waals surface area contributed by atoms with Crippen LogP contribution >= 0.6 is 0 Å². The number of nitrogens with two attached hydrogens (primary N) is 2. The van der Waals surface area contributed by atoms with Crippen LogP contribution in [0.1, 0.15) is 12.2 Å². The summed E-state index contributed by atoms with van der Waals surface area (Å²) >= 11 is 0. The molecule has 0 aromatic carbocycles. The number of carbonyl (C=O) groups excluding carboxylic acids is 1. The lowest BCUT2D eigenvalue weighted by molar-refractivity contribution is -0.117. The average molecular weight is 184 g/mol. The van der Waals surface area contributed by atoms with E-state index in [0.717, 1.165) is 6.42 Å². The van der Waals surface area contributed by atoms with Gasteiger partial charge >= 0.3 is 0 Å². The molecule has 0 bridgehead atoms. The minimum absolute atomic E-state index is 0.0304. The molecule has 0 fully saturated rings. The van der Waals surface area contributed by atoms with Crippen LogP contribution in [-0.4, -0.2) is 32.7 Å². The van der Waals surface area contributed by atoms with E-state index in [2.05, 4.69) is 15.4 Å². The Hall–Kier alpha value is -1.50. The lowest BCUT2D eigenvalue weighted by Crippen LogP contribution is -2.15. The van der Waals surface area contributed by atoms with E-state index in [9.17, 15) is 4.79 Å². The molecule has 0 aliphatic carbocycles. The molecule has 1 aromatic rings. The monoisotopic (exact) mass is 184 g/mol. The zero-order chi connectivity index (χ0) is 9.68. The predicted molar refractivity (Wildman–Crippen MR) is 44.4 cm³/mol. The SMILES string of the molecule is NCCCn1nnc(CC(N)=O)n1. The van der Waals surface area contributed by atoms with Gasteiger partial charge in [0.1, 0.15) is 0 Å². The van der Waals surface area contributed by atoms with E-state index in [0.29, 0.717) is 18.9 Å². The van der Waals surface area contributed by atoms with Gasteiger partial charge in [0.15, 0.2) is 5.82 Å². The maximum absolute atomic E-state index is 10.5. The Morgan fingerprint density at radius 1 is 1.54 bits per heavy atom. The molecule has 1 rings (SSSR count). The highest BCUT2D eigenvalue weighted by Gasteiger charge is 2.04. The summed E-state index contributed by atoms with van der Waals surface area (Å²) < 4.78 is 0. The third-order valence-electron chi connectivity index (χ3n) is 1.39. The second-order valence-corrected chi connectivity index (χ2v) is 2.59. The van der Waals surface area contributed by atoms with E-state index >= 15 is 0 Å². The third kappa shape index (κ3) is 3.16. The summed E-state index contributed by atoms with van der Waals surface area (Å²) in [4.78, 5) is 11.9. The van der Waals surface area contributed by atoms with Crippen molar-refractivity contribution in [2.24, 2.45) is 11.5 Å². The van der Waals surface area contributed by atoms with E-state index in [1.54, 1.807) is 0 Å². The van der Waals surface area contributed by atoms with Crippen molar-refractivity contribution in [2.45, 2.75) is 19.4 Å². The van der Waals surface area contributed by atoms with Crippen molar-refractivity contribution in [3.63, 3.8) is 0 Å². The number of primary amides is 1. The molecular weight excluding hydrogens is 172 g/mol. The summed E-state index contributed by atoms with van der Waals surface area (Å²) in [7, 11) is 0. The molecule has 7 nitrogen and oxygen atoms in total. The lowest BCUT2D eigenvalue weighted by Gasteiger charge is -1.93. The van der Waals surface area contributed by atoms with Crippen molar-refractivity contribution >= 4 is 5.91 Å². The molecule has 0 aliphatic rings. The van der Waals surface area contributed by atoms with Gasteiger partial charge in [-0.2, -0.15) is 4.80 Å². The van der Waals surface area contributed by atoms with Crippen LogP contribution in [0.5, 0.6) is 0 Å². The van der Waals surface area contributed by atoms with Crippen molar-refractivity contribution in [1.29, 1.82) is 0 Å². The van der Waals surface area contributed by atoms with Crippen molar-refractivity contribution in [1.82, 2.24) is 20.2 Å². The summed E-state index contributed by atoms with van der Waals surface area (Å²) in [6.07, 6.45) is 0.814. The summed E-state index contributed by atoms with van der Waals surface area (Å²) in [6.45, 7) is 1.19. The van der Waals surface area contributed by atoms with Gasteiger partial charge in [-0.1, -0.05) is 0 Å². The number of rotatable bonds is 5. The van der Waals surface area contributed by atoms with E-state index in [4.69, 9.17) is 11.5 Å². The molecule has 0 radical (unpaired) electrons. The molecule has 4 N–H and O–H groups in total. The molecular formula is C6H12N6O. The average Bonchev–Trinajstić information content (AvgIpc) is 2.48. The van der Waals surface area contributed by atoms with Crippen molar-refractivity contribution in [3.8, 4) is 0 Å². The molecule has 1 aromatic heterocycles. The van der Waals surface area contributed by atoms with E-state index < -0.39 is 5.91 Å².